The summed E-state index contributed by atoms with van der Waals surface area (Å²) in [7, 11) is 0. The number of ether oxygens (including phenoxy) is 1. The number of anilines is 1. The van der Waals surface area contributed by atoms with Crippen LogP contribution in [0.2, 0.25) is 0 Å². The third-order valence-corrected chi connectivity index (χ3v) is 3.26. The second-order valence-corrected chi connectivity index (χ2v) is 5.76. The molecule has 1 amide bonds. The minimum absolute atomic E-state index is 0.0445. The molecule has 21 heavy (non-hydrogen) atoms. The Morgan fingerprint density at radius 2 is 2.10 bits per heavy atom. The SMILES string of the molecule is Cc1cc(N2CCOCC2)nc(CNC(=O)CC(C)C)n1. The number of morpholine rings is 1. The van der Waals surface area contributed by atoms with Gasteiger partial charge in [0.05, 0.1) is 19.8 Å². The maximum atomic E-state index is 11.7. The number of hydrogen-bond acceptors (Lipinski definition) is 5. The summed E-state index contributed by atoms with van der Waals surface area (Å²) in [5.74, 6) is 1.97. The second-order valence-electron chi connectivity index (χ2n) is 5.76. The Balaban J connectivity index is 1.99. The van der Waals surface area contributed by atoms with Gasteiger partial charge in [-0.1, -0.05) is 13.8 Å². The van der Waals surface area contributed by atoms with Crippen molar-refractivity contribution >= 4 is 11.7 Å². The van der Waals surface area contributed by atoms with Gasteiger partial charge < -0.3 is 15.0 Å². The van der Waals surface area contributed by atoms with E-state index in [0.717, 1.165) is 37.8 Å². The van der Waals surface area contributed by atoms with Crippen LogP contribution in [0.4, 0.5) is 5.82 Å². The number of carbonyl (C=O) groups is 1. The molecule has 0 aromatic carbocycles. The Labute approximate surface area is 125 Å². The molecule has 0 aliphatic carbocycles. The van der Waals surface area contributed by atoms with E-state index in [4.69, 9.17) is 4.74 Å². The first-order valence-electron chi connectivity index (χ1n) is 7.48. The van der Waals surface area contributed by atoms with Crippen LogP contribution in [-0.4, -0.2) is 42.2 Å². The standard InChI is InChI=1S/C15H24N4O2/c1-11(2)8-15(20)16-10-13-17-12(3)9-14(18-13)19-4-6-21-7-5-19/h9,11H,4-8,10H2,1-3H3,(H,16,20). The number of nitrogens with one attached hydrogen (secondary N) is 1. The molecule has 1 aliphatic rings. The molecule has 2 rings (SSSR count). The zero-order chi connectivity index (χ0) is 15.2. The highest BCUT2D eigenvalue weighted by molar-refractivity contribution is 5.75. The lowest BCUT2D eigenvalue weighted by molar-refractivity contribution is -0.122. The van der Waals surface area contributed by atoms with Gasteiger partial charge in [-0.2, -0.15) is 0 Å². The summed E-state index contributed by atoms with van der Waals surface area (Å²) in [5, 5.41) is 2.88. The summed E-state index contributed by atoms with van der Waals surface area (Å²) in [4.78, 5) is 22.8. The van der Waals surface area contributed by atoms with Crippen LogP contribution in [0.25, 0.3) is 0 Å². The van der Waals surface area contributed by atoms with Gasteiger partial charge in [-0.25, -0.2) is 9.97 Å². The number of nitrogens with zero attached hydrogens (tertiary/aromatic N) is 3. The molecule has 6 heteroatoms. The van der Waals surface area contributed by atoms with E-state index in [2.05, 4.69) is 20.2 Å². The molecular formula is C15H24N4O2. The predicted octanol–water partition coefficient (Wildman–Crippen LogP) is 1.28. The summed E-state index contributed by atoms with van der Waals surface area (Å²) < 4.78 is 5.36. The van der Waals surface area contributed by atoms with Gasteiger partial charge in [-0.05, 0) is 12.8 Å². The molecule has 1 saturated heterocycles. The van der Waals surface area contributed by atoms with Crippen LogP contribution in [0, 0.1) is 12.8 Å². The zero-order valence-electron chi connectivity index (χ0n) is 13.1. The lowest BCUT2D eigenvalue weighted by Crippen LogP contribution is -2.37. The first-order chi connectivity index (χ1) is 10.0. The molecule has 116 valence electrons. The third kappa shape index (κ3) is 4.97. The van der Waals surface area contributed by atoms with E-state index in [1.807, 2.05) is 26.8 Å². The fourth-order valence-corrected chi connectivity index (χ4v) is 2.27. The highest BCUT2D eigenvalue weighted by Crippen LogP contribution is 2.14. The average Bonchev–Trinajstić information content (AvgIpc) is 2.45. The lowest BCUT2D eigenvalue weighted by atomic mass is 10.1. The number of carbonyl (C=O) groups excluding carboxylic acids is 1. The Kier molecular flexibility index (Phi) is 5.50. The van der Waals surface area contributed by atoms with Crippen LogP contribution in [-0.2, 0) is 16.1 Å². The van der Waals surface area contributed by atoms with E-state index in [1.165, 1.54) is 0 Å². The topological polar surface area (TPSA) is 67.3 Å². The van der Waals surface area contributed by atoms with E-state index in [9.17, 15) is 4.79 Å². The van der Waals surface area contributed by atoms with Crippen LogP contribution in [0.3, 0.4) is 0 Å². The Hall–Kier alpha value is -1.69. The van der Waals surface area contributed by atoms with Crippen LogP contribution in [0.5, 0.6) is 0 Å². The molecule has 1 aromatic heterocycles. The highest BCUT2D eigenvalue weighted by atomic mass is 16.5. The molecule has 0 saturated carbocycles. The summed E-state index contributed by atoms with van der Waals surface area (Å²) in [6.45, 7) is 9.52. The molecule has 6 nitrogen and oxygen atoms in total. The van der Waals surface area contributed by atoms with Crippen molar-refractivity contribution in [3.05, 3.63) is 17.6 Å². The first kappa shape index (κ1) is 15.7. The average molecular weight is 292 g/mol. The second kappa shape index (κ2) is 7.36. The smallest absolute Gasteiger partial charge is 0.220 e. The van der Waals surface area contributed by atoms with E-state index < -0.39 is 0 Å². The fourth-order valence-electron chi connectivity index (χ4n) is 2.27. The number of amides is 1. The van der Waals surface area contributed by atoms with Gasteiger partial charge in [0.15, 0.2) is 0 Å². The summed E-state index contributed by atoms with van der Waals surface area (Å²) >= 11 is 0. The van der Waals surface area contributed by atoms with Crippen molar-refractivity contribution < 1.29 is 9.53 Å². The van der Waals surface area contributed by atoms with Crippen LogP contribution in [0.15, 0.2) is 6.07 Å². The van der Waals surface area contributed by atoms with Crippen molar-refractivity contribution in [2.24, 2.45) is 5.92 Å². The van der Waals surface area contributed by atoms with Gasteiger partial charge in [-0.3, -0.25) is 4.79 Å². The van der Waals surface area contributed by atoms with Crippen LogP contribution in [0.1, 0.15) is 31.8 Å². The lowest BCUT2D eigenvalue weighted by Gasteiger charge is -2.28. The van der Waals surface area contributed by atoms with Gasteiger partial charge in [0.1, 0.15) is 11.6 Å². The van der Waals surface area contributed by atoms with Gasteiger partial charge >= 0.3 is 0 Å². The minimum Gasteiger partial charge on any atom is -0.378 e. The van der Waals surface area contributed by atoms with Crippen molar-refractivity contribution in [3.8, 4) is 0 Å². The molecule has 2 heterocycles. The molecule has 0 unspecified atom stereocenters. The van der Waals surface area contributed by atoms with Gasteiger partial charge in [-0.15, -0.1) is 0 Å². The zero-order valence-corrected chi connectivity index (χ0v) is 13.1. The highest BCUT2D eigenvalue weighted by Gasteiger charge is 2.14. The molecule has 0 atom stereocenters. The Morgan fingerprint density at radius 3 is 2.76 bits per heavy atom. The first-order valence-corrected chi connectivity index (χ1v) is 7.48. The Morgan fingerprint density at radius 1 is 1.38 bits per heavy atom. The molecule has 1 aliphatic heterocycles. The number of hydrogen-bond donors (Lipinski definition) is 1. The van der Waals surface area contributed by atoms with E-state index in [-0.39, 0.29) is 5.91 Å². The molecule has 0 bridgehead atoms. The van der Waals surface area contributed by atoms with E-state index in [1.54, 1.807) is 0 Å². The van der Waals surface area contributed by atoms with Gasteiger partial charge in [0.2, 0.25) is 5.91 Å². The van der Waals surface area contributed by atoms with Gasteiger partial charge in [0, 0.05) is 31.3 Å². The molecule has 1 N–H and O–H groups in total. The fraction of sp³-hybridized carbons (Fsp3) is 0.667. The monoisotopic (exact) mass is 292 g/mol. The van der Waals surface area contributed by atoms with Crippen LogP contribution < -0.4 is 10.2 Å². The molecule has 0 spiro atoms. The van der Waals surface area contributed by atoms with Gasteiger partial charge in [0.25, 0.3) is 0 Å². The molecule has 0 radical (unpaired) electrons. The minimum atomic E-state index is 0.0445. The number of rotatable bonds is 5. The number of aromatic nitrogens is 2. The van der Waals surface area contributed by atoms with Crippen molar-refractivity contribution in [1.29, 1.82) is 0 Å². The summed E-state index contributed by atoms with van der Waals surface area (Å²) in [5.41, 5.74) is 0.916. The quantitative estimate of drug-likeness (QED) is 0.885. The Bertz CT molecular complexity index is 485. The van der Waals surface area contributed by atoms with Crippen molar-refractivity contribution in [2.45, 2.75) is 33.7 Å². The van der Waals surface area contributed by atoms with E-state index in [0.29, 0.717) is 24.7 Å². The van der Waals surface area contributed by atoms with E-state index >= 15 is 0 Å². The van der Waals surface area contributed by atoms with Crippen molar-refractivity contribution in [1.82, 2.24) is 15.3 Å². The largest absolute Gasteiger partial charge is 0.378 e. The number of aryl methyl sites for hydroxylation is 1. The maximum absolute atomic E-state index is 11.7. The van der Waals surface area contributed by atoms with Crippen LogP contribution >= 0.6 is 0 Å². The summed E-state index contributed by atoms with van der Waals surface area (Å²) in [6.07, 6.45) is 0.530. The molecule has 1 aromatic rings. The molecule has 1 fully saturated rings. The predicted molar refractivity (Wildman–Crippen MR) is 81.1 cm³/mol. The normalized spacial score (nSPS) is 15.3. The maximum Gasteiger partial charge on any atom is 0.220 e. The summed E-state index contributed by atoms with van der Waals surface area (Å²) in [6, 6.07) is 1.98. The third-order valence-electron chi connectivity index (χ3n) is 3.26. The molecular weight excluding hydrogens is 268 g/mol. The van der Waals surface area contributed by atoms with Crippen molar-refractivity contribution in [2.75, 3.05) is 31.2 Å². The van der Waals surface area contributed by atoms with Crippen molar-refractivity contribution in [3.63, 3.8) is 0 Å².